The number of aliphatic hydroxyl groups is 2. The maximum absolute atomic E-state index is 10.1. The van der Waals surface area contributed by atoms with E-state index in [2.05, 4.69) is 36.4 Å². The fourth-order valence-corrected chi connectivity index (χ4v) is 3.20. The van der Waals surface area contributed by atoms with Crippen LogP contribution in [0.1, 0.15) is 47.0 Å². The number of alkyl halides is 1. The first-order valence-electron chi connectivity index (χ1n) is 6.50. The van der Waals surface area contributed by atoms with Crippen LogP contribution in [0, 0.1) is 5.41 Å². The van der Waals surface area contributed by atoms with Crippen LogP contribution in [0.2, 0.25) is 0 Å². The lowest BCUT2D eigenvalue weighted by molar-refractivity contribution is 0.0983. The van der Waals surface area contributed by atoms with E-state index >= 15 is 0 Å². The molecule has 1 aliphatic rings. The van der Waals surface area contributed by atoms with Gasteiger partial charge in [-0.05, 0) is 44.1 Å². The van der Waals surface area contributed by atoms with Gasteiger partial charge in [0.05, 0.1) is 11.7 Å². The minimum atomic E-state index is -0.840. The second-order valence-corrected chi connectivity index (χ2v) is 7.27. The van der Waals surface area contributed by atoms with Gasteiger partial charge in [-0.25, -0.2) is 0 Å². The standard InChI is InChI=1S/C15H25BrO2/c1-6-15(5,18)8-7-11-10(2)12(17)9-13(16)14(11,3)4/h6,12-13,17-18H,1,7-9H2,2-5H3. The van der Waals surface area contributed by atoms with Crippen molar-refractivity contribution < 1.29 is 10.2 Å². The molecular weight excluding hydrogens is 292 g/mol. The minimum Gasteiger partial charge on any atom is -0.389 e. The second kappa shape index (κ2) is 5.48. The quantitative estimate of drug-likeness (QED) is 0.615. The fraction of sp³-hybridized carbons (Fsp3) is 0.733. The number of aliphatic hydroxyl groups excluding tert-OH is 1. The molecule has 0 amide bonds. The van der Waals surface area contributed by atoms with Crippen molar-refractivity contribution in [3.05, 3.63) is 23.8 Å². The van der Waals surface area contributed by atoms with Crippen LogP contribution < -0.4 is 0 Å². The van der Waals surface area contributed by atoms with Gasteiger partial charge in [0.1, 0.15) is 0 Å². The van der Waals surface area contributed by atoms with Crippen LogP contribution in [-0.4, -0.2) is 26.7 Å². The smallest absolute Gasteiger partial charge is 0.0800 e. The van der Waals surface area contributed by atoms with E-state index in [1.165, 1.54) is 5.57 Å². The lowest BCUT2D eigenvalue weighted by atomic mass is 9.69. The van der Waals surface area contributed by atoms with Crippen molar-refractivity contribution in [1.82, 2.24) is 0 Å². The Bertz CT molecular complexity index is 356. The maximum Gasteiger partial charge on any atom is 0.0800 e. The minimum absolute atomic E-state index is 0.0144. The zero-order chi connectivity index (χ0) is 14.1. The molecule has 0 aromatic heterocycles. The summed E-state index contributed by atoms with van der Waals surface area (Å²) in [6.45, 7) is 11.8. The van der Waals surface area contributed by atoms with E-state index in [0.29, 0.717) is 6.42 Å². The predicted molar refractivity (Wildman–Crippen MR) is 79.9 cm³/mol. The molecule has 1 rings (SSSR count). The molecule has 0 aromatic carbocycles. The summed E-state index contributed by atoms with van der Waals surface area (Å²) in [6.07, 6.45) is 3.39. The van der Waals surface area contributed by atoms with Crippen LogP contribution in [0.15, 0.2) is 23.8 Å². The van der Waals surface area contributed by atoms with E-state index in [9.17, 15) is 10.2 Å². The Hall–Kier alpha value is -0.120. The summed E-state index contributed by atoms with van der Waals surface area (Å²) >= 11 is 3.68. The molecule has 18 heavy (non-hydrogen) atoms. The molecule has 0 fully saturated rings. The molecule has 2 nitrogen and oxygen atoms in total. The van der Waals surface area contributed by atoms with Crippen LogP contribution in [0.5, 0.6) is 0 Å². The number of allylic oxidation sites excluding steroid dienone is 1. The Balaban J connectivity index is 2.95. The van der Waals surface area contributed by atoms with Crippen molar-refractivity contribution in [2.45, 2.75) is 63.5 Å². The highest BCUT2D eigenvalue weighted by molar-refractivity contribution is 9.09. The van der Waals surface area contributed by atoms with E-state index in [0.717, 1.165) is 18.4 Å². The first-order valence-corrected chi connectivity index (χ1v) is 7.41. The van der Waals surface area contributed by atoms with E-state index in [-0.39, 0.29) is 16.3 Å². The molecule has 1 aliphatic carbocycles. The van der Waals surface area contributed by atoms with Crippen LogP contribution in [-0.2, 0) is 0 Å². The van der Waals surface area contributed by atoms with Crippen LogP contribution >= 0.6 is 15.9 Å². The third-order valence-electron chi connectivity index (χ3n) is 4.29. The Morgan fingerprint density at radius 2 is 2.11 bits per heavy atom. The fourth-order valence-electron chi connectivity index (χ4n) is 2.57. The summed E-state index contributed by atoms with van der Waals surface area (Å²) in [7, 11) is 0. The third kappa shape index (κ3) is 3.25. The molecule has 0 aliphatic heterocycles. The van der Waals surface area contributed by atoms with E-state index in [1.54, 1.807) is 13.0 Å². The average molecular weight is 317 g/mol. The Kier molecular flexibility index (Phi) is 4.85. The van der Waals surface area contributed by atoms with Gasteiger partial charge < -0.3 is 10.2 Å². The van der Waals surface area contributed by atoms with Crippen molar-refractivity contribution in [2.24, 2.45) is 5.41 Å². The van der Waals surface area contributed by atoms with Crippen LogP contribution in [0.3, 0.4) is 0 Å². The summed E-state index contributed by atoms with van der Waals surface area (Å²) in [4.78, 5) is 0.271. The second-order valence-electron chi connectivity index (χ2n) is 6.16. The number of hydrogen-bond acceptors (Lipinski definition) is 2. The van der Waals surface area contributed by atoms with Gasteiger partial charge in [0, 0.05) is 4.83 Å². The predicted octanol–water partition coefficient (Wildman–Crippen LogP) is 3.57. The SMILES string of the molecule is C=CC(C)(O)CCC1=C(C)C(O)CC(Br)C1(C)C. The highest BCUT2D eigenvalue weighted by Crippen LogP contribution is 2.46. The van der Waals surface area contributed by atoms with E-state index < -0.39 is 5.60 Å². The molecule has 0 spiro atoms. The molecule has 3 heteroatoms. The van der Waals surface area contributed by atoms with Gasteiger partial charge in [-0.1, -0.05) is 41.4 Å². The zero-order valence-corrected chi connectivity index (χ0v) is 13.4. The van der Waals surface area contributed by atoms with Gasteiger partial charge in [-0.3, -0.25) is 0 Å². The van der Waals surface area contributed by atoms with Crippen LogP contribution in [0.25, 0.3) is 0 Å². The summed E-state index contributed by atoms with van der Waals surface area (Å²) in [6, 6.07) is 0. The monoisotopic (exact) mass is 316 g/mol. The third-order valence-corrected chi connectivity index (χ3v) is 5.81. The van der Waals surface area contributed by atoms with Gasteiger partial charge >= 0.3 is 0 Å². The molecule has 0 aromatic rings. The number of halogens is 1. The summed E-state index contributed by atoms with van der Waals surface area (Å²) in [5.74, 6) is 0. The molecule has 104 valence electrons. The van der Waals surface area contributed by atoms with E-state index in [4.69, 9.17) is 0 Å². The molecule has 0 bridgehead atoms. The van der Waals surface area contributed by atoms with Gasteiger partial charge in [-0.2, -0.15) is 0 Å². The molecule has 0 saturated heterocycles. The van der Waals surface area contributed by atoms with E-state index in [1.807, 2.05) is 6.92 Å². The summed E-state index contributed by atoms with van der Waals surface area (Å²) < 4.78 is 0. The maximum atomic E-state index is 10.1. The Labute approximate surface area is 119 Å². The van der Waals surface area contributed by atoms with Crippen molar-refractivity contribution >= 4 is 15.9 Å². The molecule has 0 radical (unpaired) electrons. The molecule has 2 N–H and O–H groups in total. The van der Waals surface area contributed by atoms with Gasteiger partial charge in [0.15, 0.2) is 0 Å². The van der Waals surface area contributed by atoms with Gasteiger partial charge in [-0.15, -0.1) is 6.58 Å². The molecule has 0 heterocycles. The Morgan fingerprint density at radius 1 is 1.56 bits per heavy atom. The molecule has 0 saturated carbocycles. The lowest BCUT2D eigenvalue weighted by Crippen LogP contribution is -2.37. The summed E-state index contributed by atoms with van der Waals surface area (Å²) in [5.41, 5.74) is 1.49. The molecule has 3 unspecified atom stereocenters. The first-order chi connectivity index (χ1) is 8.12. The van der Waals surface area contributed by atoms with Crippen molar-refractivity contribution in [1.29, 1.82) is 0 Å². The largest absolute Gasteiger partial charge is 0.389 e. The normalized spacial score (nSPS) is 31.1. The van der Waals surface area contributed by atoms with Crippen molar-refractivity contribution in [2.75, 3.05) is 0 Å². The summed E-state index contributed by atoms with van der Waals surface area (Å²) in [5, 5.41) is 20.1. The number of rotatable bonds is 4. The van der Waals surface area contributed by atoms with Crippen LogP contribution in [0.4, 0.5) is 0 Å². The zero-order valence-electron chi connectivity index (χ0n) is 11.8. The van der Waals surface area contributed by atoms with Gasteiger partial charge in [0.2, 0.25) is 0 Å². The van der Waals surface area contributed by atoms with Crippen molar-refractivity contribution in [3.63, 3.8) is 0 Å². The topological polar surface area (TPSA) is 40.5 Å². The number of hydrogen-bond donors (Lipinski definition) is 2. The van der Waals surface area contributed by atoms with Gasteiger partial charge in [0.25, 0.3) is 0 Å². The average Bonchev–Trinajstić information content (AvgIpc) is 2.26. The Morgan fingerprint density at radius 3 is 2.61 bits per heavy atom. The van der Waals surface area contributed by atoms with Crippen molar-refractivity contribution in [3.8, 4) is 0 Å². The molecule has 3 atom stereocenters. The first kappa shape index (κ1) is 15.9. The lowest BCUT2D eigenvalue weighted by Gasteiger charge is -2.42. The molecular formula is C15H25BrO2. The highest BCUT2D eigenvalue weighted by Gasteiger charge is 2.39. The highest BCUT2D eigenvalue weighted by atomic mass is 79.9.